The molecule has 0 radical (unpaired) electrons. The number of rotatable bonds is 12. The molecule has 5 nitrogen and oxygen atoms in total. The molecule has 0 bridgehead atoms. The number of anilines is 2. The first-order valence-electron chi connectivity index (χ1n) is 16.0. The largest absolute Gasteiger partial charge is 0.377 e. The molecule has 0 spiro atoms. The van der Waals surface area contributed by atoms with E-state index < -0.39 is 18.8 Å². The average molecular weight is 616 g/mol. The molecule has 230 valence electrons. The minimum atomic E-state index is -0.581. The fourth-order valence-electron chi connectivity index (χ4n) is 7.18. The lowest BCUT2D eigenvalue weighted by atomic mass is 9.91. The normalized spacial score (nSPS) is 18.6. The fourth-order valence-corrected chi connectivity index (χ4v) is 10.5. The molecule has 6 rings (SSSR count). The minimum Gasteiger partial charge on any atom is -0.377 e. The van der Waals surface area contributed by atoms with Gasteiger partial charge in [-0.15, -0.1) is 0 Å². The summed E-state index contributed by atoms with van der Waals surface area (Å²) in [5.41, 5.74) is 2.60. The van der Waals surface area contributed by atoms with E-state index >= 15 is 0 Å². The summed E-state index contributed by atoms with van der Waals surface area (Å²) in [6, 6.07) is 42.0. The first-order valence-corrected chi connectivity index (χ1v) is 17.4. The van der Waals surface area contributed by atoms with Crippen LogP contribution in [-0.4, -0.2) is 30.7 Å². The van der Waals surface area contributed by atoms with Crippen molar-refractivity contribution in [1.29, 1.82) is 0 Å². The smallest absolute Gasteiger partial charge is 0.253 e. The highest BCUT2D eigenvalue weighted by Gasteiger charge is 2.39. The SMILES string of the molecule is C[C@@H](Nc1c(NC(c2ccccc2)[C@H](c2ccccc2)N(C)C)c(=O)c1=O)C1CCCC1P(c1ccccc1)c1ccccc1. The van der Waals surface area contributed by atoms with E-state index in [0.717, 1.165) is 30.4 Å². The second kappa shape index (κ2) is 13.9. The van der Waals surface area contributed by atoms with Gasteiger partial charge in [0.2, 0.25) is 0 Å². The first kappa shape index (κ1) is 31.0. The highest BCUT2D eigenvalue weighted by Crippen LogP contribution is 2.51. The summed E-state index contributed by atoms with van der Waals surface area (Å²) in [6.07, 6.45) is 3.41. The van der Waals surface area contributed by atoms with E-state index in [0.29, 0.717) is 23.0 Å². The Kier molecular flexibility index (Phi) is 9.59. The van der Waals surface area contributed by atoms with Crippen molar-refractivity contribution in [1.82, 2.24) is 4.90 Å². The predicted molar refractivity (Wildman–Crippen MR) is 190 cm³/mol. The van der Waals surface area contributed by atoms with Crippen LogP contribution in [0.5, 0.6) is 0 Å². The number of nitrogens with one attached hydrogen (secondary N) is 2. The molecule has 1 aliphatic rings. The lowest BCUT2D eigenvalue weighted by Crippen LogP contribution is -2.43. The minimum absolute atomic E-state index is 0.0349. The molecule has 5 atom stereocenters. The van der Waals surface area contributed by atoms with Gasteiger partial charge in [0.1, 0.15) is 11.4 Å². The van der Waals surface area contributed by atoms with E-state index in [2.05, 4.69) is 121 Å². The summed E-state index contributed by atoms with van der Waals surface area (Å²) in [5.74, 6) is 0.373. The van der Waals surface area contributed by atoms with Gasteiger partial charge < -0.3 is 15.5 Å². The van der Waals surface area contributed by atoms with Crippen LogP contribution < -0.4 is 32.1 Å². The Balaban J connectivity index is 1.30. The van der Waals surface area contributed by atoms with Gasteiger partial charge in [-0.05, 0) is 75.1 Å². The van der Waals surface area contributed by atoms with Crippen molar-refractivity contribution in [2.45, 2.75) is 50.0 Å². The highest BCUT2D eigenvalue weighted by atomic mass is 31.1. The highest BCUT2D eigenvalue weighted by molar-refractivity contribution is 7.73. The Bertz CT molecular complexity index is 1700. The van der Waals surface area contributed by atoms with E-state index in [1.54, 1.807) is 0 Å². The molecule has 45 heavy (non-hydrogen) atoms. The molecular formula is C39H42N3O2P. The van der Waals surface area contributed by atoms with E-state index in [-0.39, 0.29) is 18.1 Å². The molecule has 0 heterocycles. The van der Waals surface area contributed by atoms with Gasteiger partial charge in [0.15, 0.2) is 0 Å². The summed E-state index contributed by atoms with van der Waals surface area (Å²) >= 11 is 0. The molecule has 0 amide bonds. The zero-order chi connectivity index (χ0) is 31.3. The van der Waals surface area contributed by atoms with Crippen LogP contribution >= 0.6 is 7.92 Å². The average Bonchev–Trinajstić information content (AvgIpc) is 3.57. The molecule has 0 aromatic heterocycles. The van der Waals surface area contributed by atoms with E-state index in [1.165, 1.54) is 10.6 Å². The third-order valence-electron chi connectivity index (χ3n) is 9.33. The number of hydrogen-bond acceptors (Lipinski definition) is 5. The van der Waals surface area contributed by atoms with Gasteiger partial charge in [-0.3, -0.25) is 9.59 Å². The van der Waals surface area contributed by atoms with Crippen LogP contribution in [0.25, 0.3) is 0 Å². The quantitative estimate of drug-likeness (QED) is 0.119. The van der Waals surface area contributed by atoms with Crippen molar-refractivity contribution in [2.24, 2.45) is 5.92 Å². The summed E-state index contributed by atoms with van der Waals surface area (Å²) < 4.78 is 0. The van der Waals surface area contributed by atoms with Crippen molar-refractivity contribution in [2.75, 3.05) is 24.7 Å². The monoisotopic (exact) mass is 615 g/mol. The van der Waals surface area contributed by atoms with Gasteiger partial charge in [-0.1, -0.05) is 128 Å². The molecule has 3 unspecified atom stereocenters. The second-order valence-corrected chi connectivity index (χ2v) is 14.8. The topological polar surface area (TPSA) is 61.4 Å². The fraction of sp³-hybridized carbons (Fsp3) is 0.282. The molecule has 2 N–H and O–H groups in total. The number of hydrogen-bond donors (Lipinski definition) is 2. The Morgan fingerprint density at radius 3 is 1.62 bits per heavy atom. The zero-order valence-electron chi connectivity index (χ0n) is 26.3. The van der Waals surface area contributed by atoms with Crippen molar-refractivity contribution < 1.29 is 0 Å². The maximum Gasteiger partial charge on any atom is 0.253 e. The van der Waals surface area contributed by atoms with Crippen LogP contribution in [0.3, 0.4) is 0 Å². The van der Waals surface area contributed by atoms with Crippen LogP contribution in [0.15, 0.2) is 131 Å². The maximum atomic E-state index is 13.2. The molecule has 1 aliphatic carbocycles. The van der Waals surface area contributed by atoms with Gasteiger partial charge in [-0.2, -0.15) is 0 Å². The van der Waals surface area contributed by atoms with E-state index in [1.807, 2.05) is 36.4 Å². The van der Waals surface area contributed by atoms with Crippen LogP contribution in [-0.2, 0) is 0 Å². The van der Waals surface area contributed by atoms with Crippen molar-refractivity contribution in [3.63, 3.8) is 0 Å². The Labute approximate surface area is 267 Å². The predicted octanol–water partition coefficient (Wildman–Crippen LogP) is 6.84. The number of benzene rings is 4. The lowest BCUT2D eigenvalue weighted by molar-refractivity contribution is 0.269. The number of nitrogens with zero attached hydrogens (tertiary/aromatic N) is 1. The number of likely N-dealkylation sites (N-methyl/N-ethyl adjacent to an activating group) is 1. The summed E-state index contributed by atoms with van der Waals surface area (Å²) in [4.78, 5) is 28.5. The Hall–Kier alpha value is -4.05. The van der Waals surface area contributed by atoms with Gasteiger partial charge in [0, 0.05) is 6.04 Å². The van der Waals surface area contributed by atoms with E-state index in [4.69, 9.17) is 0 Å². The molecule has 1 fully saturated rings. The van der Waals surface area contributed by atoms with Gasteiger partial charge >= 0.3 is 0 Å². The van der Waals surface area contributed by atoms with Gasteiger partial charge in [0.25, 0.3) is 10.9 Å². The zero-order valence-corrected chi connectivity index (χ0v) is 27.2. The van der Waals surface area contributed by atoms with Gasteiger partial charge in [-0.25, -0.2) is 0 Å². The molecule has 6 heteroatoms. The second-order valence-electron chi connectivity index (χ2n) is 12.4. The van der Waals surface area contributed by atoms with Crippen molar-refractivity contribution in [3.8, 4) is 0 Å². The molecule has 5 aromatic carbocycles. The Morgan fingerprint density at radius 2 is 1.11 bits per heavy atom. The van der Waals surface area contributed by atoms with Gasteiger partial charge in [0.05, 0.1) is 12.1 Å². The molecule has 1 saturated carbocycles. The van der Waals surface area contributed by atoms with Crippen LogP contribution in [0.2, 0.25) is 0 Å². The summed E-state index contributed by atoms with van der Waals surface area (Å²) in [6.45, 7) is 2.19. The van der Waals surface area contributed by atoms with Crippen molar-refractivity contribution >= 4 is 29.9 Å². The summed E-state index contributed by atoms with van der Waals surface area (Å²) in [7, 11) is 3.52. The van der Waals surface area contributed by atoms with E-state index in [9.17, 15) is 9.59 Å². The molecule has 5 aromatic rings. The molecular weight excluding hydrogens is 573 g/mol. The van der Waals surface area contributed by atoms with Crippen LogP contribution in [0.1, 0.15) is 49.4 Å². The first-order chi connectivity index (χ1) is 21.9. The Morgan fingerprint density at radius 1 is 0.644 bits per heavy atom. The standard InChI is InChI=1S/C39H42N3O2P/c1-27(32-25-16-26-33(32)45(30-21-12-6-13-22-30)31-23-14-7-15-24-31)40-35-36(39(44)38(35)43)41-34(28-17-8-4-9-18-28)37(42(2)3)29-19-10-5-11-20-29/h4-15,17-24,27,32-34,37,40-41H,16,25-26H2,1-3H3/t27-,32?,33?,34?,37+/m1/s1. The van der Waals surface area contributed by atoms with Crippen LogP contribution in [0, 0.1) is 5.92 Å². The maximum absolute atomic E-state index is 13.2. The van der Waals surface area contributed by atoms with Crippen LogP contribution in [0.4, 0.5) is 11.4 Å². The molecule has 0 saturated heterocycles. The third-order valence-corrected chi connectivity index (χ3v) is 12.3. The van der Waals surface area contributed by atoms with Crippen molar-refractivity contribution in [3.05, 3.63) is 153 Å². The third kappa shape index (κ3) is 6.52. The molecule has 0 aliphatic heterocycles. The summed E-state index contributed by atoms with van der Waals surface area (Å²) in [5, 5.41) is 9.93. The lowest BCUT2D eigenvalue weighted by Gasteiger charge is -2.36.